The Bertz CT molecular complexity index is 1520. The number of hydrogen-bond acceptors (Lipinski definition) is 15. The van der Waals surface area contributed by atoms with Gasteiger partial charge in [0.05, 0.1) is 19.1 Å². The molecule has 0 saturated heterocycles. The first kappa shape index (κ1) is 43.2. The number of phenolic OH excluding ortho intramolecular Hbond substituents is 1. The molecule has 0 radical (unpaired) electrons. The first-order valence-corrected chi connectivity index (χ1v) is 14.9. The van der Waals surface area contributed by atoms with Crippen molar-refractivity contribution in [3.63, 3.8) is 0 Å². The molecule has 0 spiro atoms. The fourth-order valence-electron chi connectivity index (χ4n) is 2.70. The highest BCUT2D eigenvalue weighted by Crippen LogP contribution is 2.35. The lowest BCUT2D eigenvalue weighted by Gasteiger charge is -2.11. The van der Waals surface area contributed by atoms with Gasteiger partial charge in [0.2, 0.25) is 6.61 Å². The highest BCUT2D eigenvalue weighted by atomic mass is 31.2. The molecular weight excluding hydrogens is 679 g/mol. The summed E-state index contributed by atoms with van der Waals surface area (Å²) in [6, 6.07) is 13.1. The molecule has 0 amide bonds. The van der Waals surface area contributed by atoms with Gasteiger partial charge in [-0.1, -0.05) is 50.1 Å². The van der Waals surface area contributed by atoms with E-state index in [-0.39, 0.29) is 43.5 Å². The lowest BCUT2D eigenvalue weighted by Crippen LogP contribution is -2.47. The molecule has 2 aromatic rings. The maximum atomic E-state index is 12.3. The van der Waals surface area contributed by atoms with Crippen LogP contribution in [0.3, 0.4) is 0 Å². The molecule has 0 fully saturated rings. The highest BCUT2D eigenvalue weighted by molar-refractivity contribution is 7.46. The first-order chi connectivity index (χ1) is 22.9. The lowest BCUT2D eigenvalue weighted by atomic mass is 10.0. The molecule has 49 heavy (non-hydrogen) atoms. The van der Waals surface area contributed by atoms with Crippen molar-refractivity contribution in [2.75, 3.05) is 33.0 Å². The Kier molecular flexibility index (Phi) is 19.4. The molecule has 0 atom stereocenters. The minimum atomic E-state index is -4.45. The van der Waals surface area contributed by atoms with E-state index in [1.807, 2.05) is 6.07 Å². The lowest BCUT2D eigenvalue weighted by molar-refractivity contribution is -0.793. The van der Waals surface area contributed by atoms with Gasteiger partial charge in [0.1, 0.15) is 41.2 Å². The van der Waals surface area contributed by atoms with Crippen molar-refractivity contribution in [2.45, 2.75) is 12.6 Å². The summed E-state index contributed by atoms with van der Waals surface area (Å²) in [5.41, 5.74) is -1.83. The zero-order valence-electron chi connectivity index (χ0n) is 25.9. The van der Waals surface area contributed by atoms with Gasteiger partial charge in [-0.15, -0.1) is 0 Å². The minimum Gasteiger partial charge on any atom is -0.507 e. The highest BCUT2D eigenvalue weighted by Gasteiger charge is 2.52. The SMILES string of the molecule is C=CC(=O)OCC(C)([N+](=O)[O-])[N+](=O)[O-].C=CC(=O)OCCOP(=O)(O)O.C=CC(=O)OCCOc1ccc(C(=O)c2ccccc2)c(O)c1. The largest absolute Gasteiger partial charge is 0.507 e. The minimum absolute atomic E-state index is 0.0658. The average Bonchev–Trinajstić information content (AvgIpc) is 3.07. The Morgan fingerprint density at radius 2 is 1.31 bits per heavy atom. The van der Waals surface area contributed by atoms with Crippen LogP contribution < -0.4 is 4.74 Å². The molecule has 0 aliphatic carbocycles. The standard InChI is InChI=1S/C18H16O5.C6H8N2O6.C5H9O6P/c1-2-17(20)23-11-10-22-14-8-9-15(16(19)12-14)18(21)13-6-4-3-5-7-13;1-3-5(9)14-4-6(2,7(10)11)8(12)13;1-2-5(6)10-3-4-11-12(7,8)9/h2-9,12,19H,1,10-11H2;3H,1,4H2,2H3;2H,1,3-4H2,(H2,7,8,9). The van der Waals surface area contributed by atoms with Crippen LogP contribution in [0.5, 0.6) is 11.5 Å². The number of ketones is 1. The maximum absolute atomic E-state index is 12.3. The molecule has 19 nitrogen and oxygen atoms in total. The van der Waals surface area contributed by atoms with Gasteiger partial charge >= 0.3 is 31.4 Å². The number of esters is 3. The van der Waals surface area contributed by atoms with Crippen molar-refractivity contribution in [1.82, 2.24) is 0 Å². The van der Waals surface area contributed by atoms with Crippen LogP contribution in [-0.2, 0) is 37.7 Å². The molecule has 0 aromatic heterocycles. The fraction of sp³-hybridized carbons (Fsp3) is 0.241. The second-order valence-corrected chi connectivity index (χ2v) is 10.1. The van der Waals surface area contributed by atoms with E-state index in [4.69, 9.17) is 19.3 Å². The number of ether oxygens (including phenoxy) is 4. The normalized spacial score (nSPS) is 10.3. The molecule has 0 unspecified atom stereocenters. The van der Waals surface area contributed by atoms with E-state index >= 15 is 0 Å². The summed E-state index contributed by atoms with van der Waals surface area (Å²) in [5.74, 6) is -2.19. The van der Waals surface area contributed by atoms with E-state index in [1.165, 1.54) is 12.1 Å². The van der Waals surface area contributed by atoms with Crippen LogP contribution >= 0.6 is 7.82 Å². The predicted molar refractivity (Wildman–Crippen MR) is 167 cm³/mol. The number of carbonyl (C=O) groups is 4. The molecular formula is C29H33N2O17P. The number of carbonyl (C=O) groups excluding carboxylic acids is 4. The molecule has 266 valence electrons. The van der Waals surface area contributed by atoms with Gasteiger partial charge in [0.25, 0.3) is 0 Å². The third-order valence-corrected chi connectivity index (χ3v) is 5.73. The van der Waals surface area contributed by atoms with Crippen molar-refractivity contribution in [2.24, 2.45) is 0 Å². The predicted octanol–water partition coefficient (Wildman–Crippen LogP) is 2.54. The molecule has 0 bridgehead atoms. The van der Waals surface area contributed by atoms with Crippen molar-refractivity contribution in [3.05, 3.63) is 118 Å². The summed E-state index contributed by atoms with van der Waals surface area (Å²) in [4.78, 5) is 78.7. The quantitative estimate of drug-likeness (QED) is 0.0244. The van der Waals surface area contributed by atoms with Gasteiger partial charge in [0.15, 0.2) is 5.78 Å². The van der Waals surface area contributed by atoms with Crippen LogP contribution in [0.2, 0.25) is 0 Å². The monoisotopic (exact) mass is 712 g/mol. The third kappa shape index (κ3) is 17.7. The van der Waals surface area contributed by atoms with Crippen molar-refractivity contribution >= 4 is 31.5 Å². The van der Waals surface area contributed by atoms with E-state index in [0.717, 1.165) is 25.2 Å². The second-order valence-electron chi connectivity index (χ2n) is 8.83. The first-order valence-electron chi connectivity index (χ1n) is 13.3. The Labute approximate surface area is 278 Å². The number of phosphoric acid groups is 1. The summed E-state index contributed by atoms with van der Waals surface area (Å²) < 4.78 is 32.7. The molecule has 0 saturated carbocycles. The summed E-state index contributed by atoms with van der Waals surface area (Å²) in [5, 5.41) is 30.6. The Hall–Kier alpha value is -5.75. The molecule has 3 N–H and O–H groups in total. The van der Waals surface area contributed by atoms with Crippen molar-refractivity contribution < 1.29 is 72.0 Å². The van der Waals surface area contributed by atoms with Gasteiger partial charge in [-0.2, -0.15) is 0 Å². The fourth-order valence-corrected chi connectivity index (χ4v) is 3.01. The third-order valence-electron chi connectivity index (χ3n) is 5.21. The molecule has 2 aromatic carbocycles. The van der Waals surface area contributed by atoms with Crippen molar-refractivity contribution in [1.29, 1.82) is 0 Å². The van der Waals surface area contributed by atoms with E-state index < -0.39 is 47.8 Å². The van der Waals surface area contributed by atoms with Crippen LogP contribution in [0.15, 0.2) is 86.5 Å². The summed E-state index contributed by atoms with van der Waals surface area (Å²) in [6.45, 7) is 8.90. The zero-order valence-corrected chi connectivity index (χ0v) is 26.8. The van der Waals surface area contributed by atoms with E-state index in [1.54, 1.807) is 30.3 Å². The summed E-state index contributed by atoms with van der Waals surface area (Å²) >= 11 is 0. The Morgan fingerprint density at radius 3 is 1.76 bits per heavy atom. The van der Waals surface area contributed by atoms with Crippen molar-refractivity contribution in [3.8, 4) is 11.5 Å². The molecule has 2 rings (SSSR count). The van der Waals surface area contributed by atoms with Gasteiger partial charge in [-0.05, 0) is 12.1 Å². The number of aromatic hydroxyl groups is 1. The molecule has 0 heterocycles. The number of rotatable bonds is 17. The van der Waals surface area contributed by atoms with E-state index in [2.05, 4.69) is 33.7 Å². The summed E-state index contributed by atoms with van der Waals surface area (Å²) in [7, 11) is -4.45. The summed E-state index contributed by atoms with van der Waals surface area (Å²) in [6.07, 6.45) is 2.77. The van der Waals surface area contributed by atoms with E-state index in [9.17, 15) is 49.1 Å². The number of hydrogen-bond donors (Lipinski definition) is 3. The molecule has 0 aliphatic heterocycles. The number of phosphoric ester groups is 1. The van der Waals surface area contributed by atoms with Crippen LogP contribution in [-0.4, -0.2) is 87.1 Å². The van der Waals surface area contributed by atoms with Crippen LogP contribution in [0.4, 0.5) is 0 Å². The zero-order chi connectivity index (χ0) is 37.6. The van der Waals surface area contributed by atoms with Gasteiger partial charge in [0, 0.05) is 29.9 Å². The van der Waals surface area contributed by atoms with Crippen LogP contribution in [0.1, 0.15) is 22.8 Å². The Balaban J connectivity index is 0.000000764. The topological polar surface area (TPSA) is 278 Å². The number of nitro groups is 2. The van der Waals surface area contributed by atoms with Crippen LogP contribution in [0, 0.1) is 20.2 Å². The van der Waals surface area contributed by atoms with Gasteiger partial charge in [-0.3, -0.25) is 29.5 Å². The van der Waals surface area contributed by atoms with Gasteiger partial charge in [-0.25, -0.2) is 18.9 Å². The van der Waals surface area contributed by atoms with E-state index in [0.29, 0.717) is 11.3 Å². The van der Waals surface area contributed by atoms with Crippen LogP contribution in [0.25, 0.3) is 0 Å². The Morgan fingerprint density at radius 1 is 0.816 bits per heavy atom. The second kappa shape index (κ2) is 21.9. The number of phenols is 1. The number of benzene rings is 2. The maximum Gasteiger partial charge on any atom is 0.488 e. The number of nitrogens with zero attached hydrogens (tertiary/aromatic N) is 2. The average molecular weight is 713 g/mol. The molecule has 20 heteroatoms. The molecule has 0 aliphatic rings. The smallest absolute Gasteiger partial charge is 0.488 e. The van der Waals surface area contributed by atoms with Gasteiger partial charge < -0.3 is 33.8 Å².